The van der Waals surface area contributed by atoms with E-state index in [9.17, 15) is 14.9 Å². The number of aliphatic imine (C=N–C) groups is 1. The number of nitrogens with zero attached hydrogens (tertiary/aromatic N) is 6. The number of thioether (sulfide) groups is 1. The molecule has 0 N–H and O–H groups in total. The van der Waals surface area contributed by atoms with Gasteiger partial charge in [0.2, 0.25) is 0 Å². The molecular formula is C23H24N6O2S. The predicted octanol–water partition coefficient (Wildman–Crippen LogP) is 2.97. The number of aryl methyl sites for hydroxylation is 1. The second-order valence-corrected chi connectivity index (χ2v) is 8.67. The van der Waals surface area contributed by atoms with Crippen molar-refractivity contribution in [3.63, 3.8) is 0 Å². The third kappa shape index (κ3) is 4.06. The lowest BCUT2D eigenvalue weighted by Crippen LogP contribution is -2.37. The minimum atomic E-state index is -0.412. The van der Waals surface area contributed by atoms with Gasteiger partial charge in [-0.05, 0) is 37.0 Å². The Balaban J connectivity index is 1.80. The number of fused-ring (bicyclic) bond motifs is 1. The molecule has 0 saturated heterocycles. The van der Waals surface area contributed by atoms with Crippen LogP contribution >= 0.6 is 11.8 Å². The molecule has 9 heteroatoms. The maximum Gasteiger partial charge on any atom is 0.332 e. The molecule has 0 radical (unpaired) electrons. The zero-order valence-corrected chi connectivity index (χ0v) is 19.1. The highest BCUT2D eigenvalue weighted by Crippen LogP contribution is 2.25. The SMILES string of the molecule is CCC1=CCCC(CSc2nc3c(c(=O)n(C)c(=O)n3C)n2Cc2cccc(C#N)c2)=N1. The van der Waals surface area contributed by atoms with E-state index >= 15 is 0 Å². The fourth-order valence-electron chi connectivity index (χ4n) is 3.79. The lowest BCUT2D eigenvalue weighted by Gasteiger charge is -2.13. The van der Waals surface area contributed by atoms with Gasteiger partial charge in [0.1, 0.15) is 0 Å². The van der Waals surface area contributed by atoms with E-state index in [4.69, 9.17) is 4.99 Å². The number of allylic oxidation sites excluding steroid dienone is 2. The van der Waals surface area contributed by atoms with Crippen molar-refractivity contribution < 1.29 is 0 Å². The zero-order chi connectivity index (χ0) is 22.8. The molecule has 4 rings (SSSR count). The molecular weight excluding hydrogens is 424 g/mol. The first-order valence-electron chi connectivity index (χ1n) is 10.5. The van der Waals surface area contributed by atoms with Crippen molar-refractivity contribution in [2.24, 2.45) is 19.1 Å². The molecule has 8 nitrogen and oxygen atoms in total. The summed E-state index contributed by atoms with van der Waals surface area (Å²) in [5, 5.41) is 9.90. The number of rotatable bonds is 6. The number of hydrogen-bond donors (Lipinski definition) is 0. The fourth-order valence-corrected chi connectivity index (χ4v) is 4.76. The molecule has 2 aromatic heterocycles. The van der Waals surface area contributed by atoms with Gasteiger partial charge in [-0.2, -0.15) is 5.26 Å². The summed E-state index contributed by atoms with van der Waals surface area (Å²) in [7, 11) is 3.09. The summed E-state index contributed by atoms with van der Waals surface area (Å²) in [4.78, 5) is 34.9. The molecule has 0 spiro atoms. The Bertz CT molecular complexity index is 1420. The van der Waals surface area contributed by atoms with Crippen LogP contribution < -0.4 is 11.2 Å². The van der Waals surface area contributed by atoms with Gasteiger partial charge in [0, 0.05) is 31.3 Å². The summed E-state index contributed by atoms with van der Waals surface area (Å²) in [5.41, 5.74) is 3.57. The average Bonchev–Trinajstić information content (AvgIpc) is 3.18. The largest absolute Gasteiger partial charge is 0.332 e. The molecule has 164 valence electrons. The molecule has 32 heavy (non-hydrogen) atoms. The molecule has 0 aliphatic carbocycles. The quantitative estimate of drug-likeness (QED) is 0.540. The highest BCUT2D eigenvalue weighted by atomic mass is 32.2. The van der Waals surface area contributed by atoms with Gasteiger partial charge in [0.15, 0.2) is 16.3 Å². The summed E-state index contributed by atoms with van der Waals surface area (Å²) < 4.78 is 4.35. The summed E-state index contributed by atoms with van der Waals surface area (Å²) in [6.45, 7) is 2.46. The summed E-state index contributed by atoms with van der Waals surface area (Å²) >= 11 is 1.52. The van der Waals surface area contributed by atoms with Gasteiger partial charge in [-0.15, -0.1) is 0 Å². The number of aromatic nitrogens is 4. The lowest BCUT2D eigenvalue weighted by atomic mass is 10.1. The first-order valence-corrected chi connectivity index (χ1v) is 11.4. The molecule has 0 saturated carbocycles. The molecule has 3 aromatic rings. The minimum Gasteiger partial charge on any atom is -0.309 e. The van der Waals surface area contributed by atoms with Gasteiger partial charge in [-0.1, -0.05) is 36.9 Å². The zero-order valence-electron chi connectivity index (χ0n) is 18.3. The van der Waals surface area contributed by atoms with Crippen LogP contribution in [0.3, 0.4) is 0 Å². The highest BCUT2D eigenvalue weighted by Gasteiger charge is 2.20. The van der Waals surface area contributed by atoms with E-state index in [0.29, 0.717) is 34.2 Å². The molecule has 1 aliphatic heterocycles. The Hall–Kier alpha value is -3.38. The average molecular weight is 449 g/mol. The van der Waals surface area contributed by atoms with Gasteiger partial charge in [-0.25, -0.2) is 9.78 Å². The van der Waals surface area contributed by atoms with Crippen molar-refractivity contribution in [3.05, 3.63) is 68.0 Å². The molecule has 0 amide bonds. The number of benzene rings is 1. The molecule has 0 bridgehead atoms. The highest BCUT2D eigenvalue weighted by molar-refractivity contribution is 7.99. The summed E-state index contributed by atoms with van der Waals surface area (Å²) in [5.74, 6) is 0.660. The third-order valence-corrected chi connectivity index (χ3v) is 6.60. The maximum atomic E-state index is 13.0. The molecule has 3 heterocycles. The van der Waals surface area contributed by atoms with Crippen LogP contribution in [0.1, 0.15) is 37.3 Å². The maximum absolute atomic E-state index is 13.0. The van der Waals surface area contributed by atoms with Gasteiger partial charge < -0.3 is 4.57 Å². The fraction of sp³-hybridized carbons (Fsp3) is 0.348. The van der Waals surface area contributed by atoms with Crippen LogP contribution in [0.4, 0.5) is 0 Å². The molecule has 0 fully saturated rings. The Labute approximate surface area is 189 Å². The minimum absolute atomic E-state index is 0.358. The second-order valence-electron chi connectivity index (χ2n) is 7.73. The van der Waals surface area contributed by atoms with E-state index in [1.165, 1.54) is 23.4 Å². The Morgan fingerprint density at radius 3 is 2.78 bits per heavy atom. The molecule has 1 aliphatic rings. The Morgan fingerprint density at radius 1 is 1.22 bits per heavy atom. The monoisotopic (exact) mass is 448 g/mol. The van der Waals surface area contributed by atoms with Crippen molar-refractivity contribution in [1.82, 2.24) is 18.7 Å². The summed E-state index contributed by atoms with van der Waals surface area (Å²) in [6.07, 6.45) is 4.96. The summed E-state index contributed by atoms with van der Waals surface area (Å²) in [6, 6.07) is 9.43. The van der Waals surface area contributed by atoms with Crippen LogP contribution in [0.15, 0.2) is 55.8 Å². The van der Waals surface area contributed by atoms with Crippen LogP contribution in [-0.4, -0.2) is 30.1 Å². The third-order valence-electron chi connectivity index (χ3n) is 5.55. The predicted molar refractivity (Wildman–Crippen MR) is 126 cm³/mol. The van der Waals surface area contributed by atoms with E-state index in [-0.39, 0.29) is 5.56 Å². The van der Waals surface area contributed by atoms with Gasteiger partial charge in [-0.3, -0.25) is 18.9 Å². The lowest BCUT2D eigenvalue weighted by molar-refractivity contribution is 0.696. The topological polar surface area (TPSA) is 98.0 Å². The molecule has 0 unspecified atom stereocenters. The van der Waals surface area contributed by atoms with Crippen molar-refractivity contribution in [2.75, 3.05) is 5.75 Å². The van der Waals surface area contributed by atoms with E-state index in [0.717, 1.165) is 40.8 Å². The molecule has 1 aromatic carbocycles. The second kappa shape index (κ2) is 9.01. The van der Waals surface area contributed by atoms with Crippen molar-refractivity contribution in [3.8, 4) is 6.07 Å². The van der Waals surface area contributed by atoms with Gasteiger partial charge >= 0.3 is 5.69 Å². The van der Waals surface area contributed by atoms with E-state index in [2.05, 4.69) is 24.1 Å². The van der Waals surface area contributed by atoms with Crippen molar-refractivity contribution >= 4 is 28.6 Å². The van der Waals surface area contributed by atoms with E-state index < -0.39 is 5.69 Å². The standard InChI is InChI=1S/C23H24N6O2S/c1-4-17-9-6-10-18(25-17)14-32-22-26-20-19(21(30)28(3)23(31)27(20)2)29(22)13-16-8-5-7-15(11-16)12-24/h5,7-9,11H,4,6,10,13-14H2,1-3H3. The first kappa shape index (κ1) is 21.8. The normalized spacial score (nSPS) is 13.7. The van der Waals surface area contributed by atoms with Crippen LogP contribution in [0.5, 0.6) is 0 Å². The number of nitriles is 1. The van der Waals surface area contributed by atoms with Crippen molar-refractivity contribution in [2.45, 2.75) is 37.9 Å². The Kier molecular flexibility index (Phi) is 6.15. The number of imidazole rings is 1. The van der Waals surface area contributed by atoms with Crippen LogP contribution in [0.2, 0.25) is 0 Å². The van der Waals surface area contributed by atoms with Crippen molar-refractivity contribution in [1.29, 1.82) is 5.26 Å². The van der Waals surface area contributed by atoms with Crippen LogP contribution in [-0.2, 0) is 20.6 Å². The van der Waals surface area contributed by atoms with Crippen LogP contribution in [0.25, 0.3) is 11.2 Å². The van der Waals surface area contributed by atoms with E-state index in [1.807, 2.05) is 16.7 Å². The Morgan fingerprint density at radius 2 is 2.03 bits per heavy atom. The van der Waals surface area contributed by atoms with Crippen LogP contribution in [0, 0.1) is 11.3 Å². The molecule has 0 atom stereocenters. The van der Waals surface area contributed by atoms with Gasteiger partial charge in [0.05, 0.1) is 18.2 Å². The smallest absolute Gasteiger partial charge is 0.309 e. The van der Waals surface area contributed by atoms with E-state index in [1.54, 1.807) is 19.2 Å². The number of hydrogen-bond acceptors (Lipinski definition) is 6. The first-order chi connectivity index (χ1) is 15.4. The van der Waals surface area contributed by atoms with Gasteiger partial charge in [0.25, 0.3) is 5.56 Å².